The Morgan fingerprint density at radius 2 is 1.91 bits per heavy atom. The van der Waals surface area contributed by atoms with Gasteiger partial charge < -0.3 is 4.74 Å². The number of halogens is 1. The lowest BCUT2D eigenvalue weighted by Gasteiger charge is -2.09. The van der Waals surface area contributed by atoms with Gasteiger partial charge in [0.1, 0.15) is 12.4 Å². The predicted molar refractivity (Wildman–Crippen MR) is 136 cm³/mol. The van der Waals surface area contributed by atoms with E-state index in [1.807, 2.05) is 41.0 Å². The maximum atomic E-state index is 12.3. The van der Waals surface area contributed by atoms with Crippen LogP contribution in [0, 0.1) is 0 Å². The highest BCUT2D eigenvalue weighted by Crippen LogP contribution is 2.20. The SMILES string of the molecule is C=CCn1c(COc2ccc(Cl)cc2)nnc1SCC(=O)NN=Cc1ccc2ccccc2c1. The normalized spacial score (nSPS) is 11.1. The third-order valence-electron chi connectivity index (χ3n) is 4.80. The van der Waals surface area contributed by atoms with E-state index < -0.39 is 0 Å². The molecule has 0 atom stereocenters. The minimum absolute atomic E-state index is 0.141. The van der Waals surface area contributed by atoms with Gasteiger partial charge >= 0.3 is 0 Å². The molecule has 0 bridgehead atoms. The molecule has 1 N–H and O–H groups in total. The van der Waals surface area contributed by atoms with E-state index in [2.05, 4.69) is 33.4 Å². The number of benzene rings is 3. The third kappa shape index (κ3) is 6.24. The molecule has 0 fully saturated rings. The molecule has 0 radical (unpaired) electrons. The van der Waals surface area contributed by atoms with Gasteiger partial charge in [-0.2, -0.15) is 5.10 Å². The van der Waals surface area contributed by atoms with Crippen LogP contribution in [-0.4, -0.2) is 32.6 Å². The average molecular weight is 492 g/mol. The zero-order valence-electron chi connectivity index (χ0n) is 18.2. The van der Waals surface area contributed by atoms with E-state index in [1.54, 1.807) is 36.6 Å². The molecule has 1 aromatic heterocycles. The first-order valence-electron chi connectivity index (χ1n) is 10.5. The number of carbonyl (C=O) groups is 1. The summed E-state index contributed by atoms with van der Waals surface area (Å²) in [6.07, 6.45) is 3.37. The molecule has 1 amide bonds. The minimum atomic E-state index is -0.242. The molecule has 0 spiro atoms. The average Bonchev–Trinajstić information content (AvgIpc) is 3.24. The summed E-state index contributed by atoms with van der Waals surface area (Å²) in [5.74, 6) is 1.21. The van der Waals surface area contributed by atoms with Crippen LogP contribution in [0.3, 0.4) is 0 Å². The van der Waals surface area contributed by atoms with Gasteiger partial charge in [-0.05, 0) is 46.7 Å². The van der Waals surface area contributed by atoms with Crippen LogP contribution in [0.15, 0.2) is 89.6 Å². The standard InChI is InChI=1S/C25H22ClN5O2S/c1-2-13-31-23(16-33-22-11-9-21(26)10-12-22)28-30-25(31)34-17-24(32)29-27-15-18-7-8-19-5-3-4-6-20(19)14-18/h2-12,14-15H,1,13,16-17H2,(H,29,32). The second-order valence-corrected chi connectivity index (χ2v) is 8.61. The number of amides is 1. The van der Waals surface area contributed by atoms with Gasteiger partial charge in [0.2, 0.25) is 0 Å². The van der Waals surface area contributed by atoms with Gasteiger partial charge in [-0.3, -0.25) is 9.36 Å². The maximum absolute atomic E-state index is 12.3. The van der Waals surface area contributed by atoms with E-state index in [9.17, 15) is 4.79 Å². The maximum Gasteiger partial charge on any atom is 0.250 e. The Balaban J connectivity index is 1.31. The molecule has 172 valence electrons. The quantitative estimate of drug-likeness (QED) is 0.144. The fourth-order valence-electron chi connectivity index (χ4n) is 3.15. The van der Waals surface area contributed by atoms with Crippen molar-refractivity contribution in [2.75, 3.05) is 5.75 Å². The zero-order chi connectivity index (χ0) is 23.8. The number of aromatic nitrogens is 3. The molecule has 3 aromatic carbocycles. The van der Waals surface area contributed by atoms with Crippen molar-refractivity contribution in [1.29, 1.82) is 0 Å². The summed E-state index contributed by atoms with van der Waals surface area (Å²) in [6.45, 7) is 4.51. The van der Waals surface area contributed by atoms with Crippen LogP contribution in [0.2, 0.25) is 5.02 Å². The molecule has 0 saturated heterocycles. The highest BCUT2D eigenvalue weighted by atomic mass is 35.5. The molecule has 1 heterocycles. The van der Waals surface area contributed by atoms with E-state index in [0.29, 0.717) is 28.3 Å². The molecule has 0 aliphatic heterocycles. The minimum Gasteiger partial charge on any atom is -0.486 e. The van der Waals surface area contributed by atoms with Crippen molar-refractivity contribution < 1.29 is 9.53 Å². The Bertz CT molecular complexity index is 1320. The second kappa shape index (κ2) is 11.5. The Morgan fingerprint density at radius 1 is 1.12 bits per heavy atom. The Hall–Kier alpha value is -3.62. The molecule has 0 saturated carbocycles. The first-order chi connectivity index (χ1) is 16.6. The third-order valence-corrected chi connectivity index (χ3v) is 6.01. The Labute approximate surface area is 206 Å². The molecule has 34 heavy (non-hydrogen) atoms. The fourth-order valence-corrected chi connectivity index (χ4v) is 4.04. The van der Waals surface area contributed by atoms with Crippen molar-refractivity contribution in [3.8, 4) is 5.75 Å². The van der Waals surface area contributed by atoms with Crippen LogP contribution in [0.25, 0.3) is 10.8 Å². The largest absolute Gasteiger partial charge is 0.486 e. The highest BCUT2D eigenvalue weighted by Gasteiger charge is 2.14. The van der Waals surface area contributed by atoms with E-state index in [1.165, 1.54) is 11.8 Å². The second-order valence-electron chi connectivity index (χ2n) is 7.23. The molecule has 0 aliphatic carbocycles. The van der Waals surface area contributed by atoms with Gasteiger partial charge in [-0.1, -0.05) is 65.8 Å². The van der Waals surface area contributed by atoms with Crippen LogP contribution >= 0.6 is 23.4 Å². The lowest BCUT2D eigenvalue weighted by Crippen LogP contribution is -2.20. The summed E-state index contributed by atoms with van der Waals surface area (Å²) < 4.78 is 7.63. The van der Waals surface area contributed by atoms with Gasteiger partial charge in [0.25, 0.3) is 5.91 Å². The summed E-state index contributed by atoms with van der Waals surface area (Å²) in [4.78, 5) is 12.3. The summed E-state index contributed by atoms with van der Waals surface area (Å²) >= 11 is 7.18. The number of carbonyl (C=O) groups excluding carboxylic acids is 1. The van der Waals surface area contributed by atoms with Crippen molar-refractivity contribution in [2.45, 2.75) is 18.3 Å². The number of nitrogens with zero attached hydrogens (tertiary/aromatic N) is 4. The predicted octanol–water partition coefficient (Wildman–Crippen LogP) is 5.09. The van der Waals surface area contributed by atoms with Crippen molar-refractivity contribution in [3.63, 3.8) is 0 Å². The zero-order valence-corrected chi connectivity index (χ0v) is 19.8. The van der Waals surface area contributed by atoms with Gasteiger partial charge in [-0.15, -0.1) is 16.8 Å². The number of hydrogen-bond acceptors (Lipinski definition) is 6. The van der Waals surface area contributed by atoms with Gasteiger partial charge in [0.05, 0.1) is 12.0 Å². The van der Waals surface area contributed by atoms with E-state index in [4.69, 9.17) is 16.3 Å². The van der Waals surface area contributed by atoms with Crippen LogP contribution in [0.5, 0.6) is 5.75 Å². The Kier molecular flexibility index (Phi) is 7.95. The van der Waals surface area contributed by atoms with Crippen molar-refractivity contribution in [2.24, 2.45) is 5.10 Å². The van der Waals surface area contributed by atoms with E-state index in [0.717, 1.165) is 16.3 Å². The number of fused-ring (bicyclic) bond motifs is 1. The summed E-state index contributed by atoms with van der Waals surface area (Å²) in [6, 6.07) is 21.2. The first kappa shape index (κ1) is 23.5. The lowest BCUT2D eigenvalue weighted by molar-refractivity contribution is -0.118. The summed E-state index contributed by atoms with van der Waals surface area (Å²) in [5.41, 5.74) is 3.46. The first-order valence-corrected chi connectivity index (χ1v) is 11.8. The van der Waals surface area contributed by atoms with Gasteiger partial charge in [0.15, 0.2) is 11.0 Å². The van der Waals surface area contributed by atoms with Crippen LogP contribution in [-0.2, 0) is 17.9 Å². The van der Waals surface area contributed by atoms with Gasteiger partial charge in [-0.25, -0.2) is 5.43 Å². The van der Waals surface area contributed by atoms with Crippen molar-refractivity contribution in [3.05, 3.63) is 95.8 Å². The van der Waals surface area contributed by atoms with Crippen LogP contribution < -0.4 is 10.2 Å². The number of hydrazone groups is 1. The molecule has 4 aromatic rings. The Morgan fingerprint density at radius 3 is 2.71 bits per heavy atom. The van der Waals surface area contributed by atoms with E-state index >= 15 is 0 Å². The topological polar surface area (TPSA) is 81.4 Å². The highest BCUT2D eigenvalue weighted by molar-refractivity contribution is 7.99. The molecule has 9 heteroatoms. The lowest BCUT2D eigenvalue weighted by atomic mass is 10.1. The molecular formula is C25H22ClN5O2S. The summed E-state index contributed by atoms with van der Waals surface area (Å²) in [5, 5.41) is 16.0. The molecule has 4 rings (SSSR count). The monoisotopic (exact) mass is 491 g/mol. The number of allylic oxidation sites excluding steroid dienone is 1. The van der Waals surface area contributed by atoms with Crippen LogP contribution in [0.1, 0.15) is 11.4 Å². The van der Waals surface area contributed by atoms with Crippen molar-refractivity contribution in [1.82, 2.24) is 20.2 Å². The molecule has 7 nitrogen and oxygen atoms in total. The molecule has 0 unspecified atom stereocenters. The molecular weight excluding hydrogens is 470 g/mol. The number of thioether (sulfide) groups is 1. The number of hydrogen-bond donors (Lipinski definition) is 1. The number of rotatable bonds is 10. The van der Waals surface area contributed by atoms with Gasteiger partial charge in [0, 0.05) is 11.6 Å². The number of ether oxygens (including phenoxy) is 1. The fraction of sp³-hybridized carbons (Fsp3) is 0.120. The number of nitrogens with one attached hydrogen (secondary N) is 1. The molecule has 0 aliphatic rings. The summed E-state index contributed by atoms with van der Waals surface area (Å²) in [7, 11) is 0. The smallest absolute Gasteiger partial charge is 0.250 e. The van der Waals surface area contributed by atoms with Crippen LogP contribution in [0.4, 0.5) is 0 Å². The van der Waals surface area contributed by atoms with E-state index in [-0.39, 0.29) is 18.3 Å². The van der Waals surface area contributed by atoms with Crippen molar-refractivity contribution >= 4 is 46.3 Å².